The molecule has 0 fully saturated rings. The van der Waals surface area contributed by atoms with Crippen molar-refractivity contribution in [3.63, 3.8) is 0 Å². The molecule has 0 radical (unpaired) electrons. The molecule has 1 heterocycles. The smallest absolute Gasteiger partial charge is 0.123 e. The van der Waals surface area contributed by atoms with Crippen molar-refractivity contribution in [2.24, 2.45) is 5.73 Å². The van der Waals surface area contributed by atoms with E-state index < -0.39 is 0 Å². The fourth-order valence-electron chi connectivity index (χ4n) is 1.30. The summed E-state index contributed by atoms with van der Waals surface area (Å²) in [6, 6.07) is 3.91. The van der Waals surface area contributed by atoms with Gasteiger partial charge in [-0.25, -0.2) is 4.98 Å². The summed E-state index contributed by atoms with van der Waals surface area (Å²) in [5, 5.41) is 0. The van der Waals surface area contributed by atoms with E-state index in [4.69, 9.17) is 16.2 Å². The Morgan fingerprint density at radius 2 is 2.36 bits per heavy atom. The van der Waals surface area contributed by atoms with Gasteiger partial charge in [-0.2, -0.15) is 0 Å². The molecule has 1 rings (SSSR count). The first kappa shape index (κ1) is 10.9. The molecular weight excluding hydrogens is 178 g/mol. The van der Waals surface area contributed by atoms with Crippen LogP contribution in [0.1, 0.15) is 12.0 Å². The zero-order valence-corrected chi connectivity index (χ0v) is 8.44. The van der Waals surface area contributed by atoms with Crippen LogP contribution in [0.5, 0.6) is 0 Å². The first-order valence-electron chi connectivity index (χ1n) is 4.67. The molecule has 0 aromatic carbocycles. The lowest BCUT2D eigenvalue weighted by Crippen LogP contribution is -2.24. The molecule has 78 valence electrons. The van der Waals surface area contributed by atoms with Gasteiger partial charge in [-0.1, -0.05) is 0 Å². The number of nitrogens with two attached hydrogens (primary N) is 2. The number of rotatable bonds is 5. The Balaban J connectivity index is 2.43. The van der Waals surface area contributed by atoms with Gasteiger partial charge in [0.2, 0.25) is 0 Å². The van der Waals surface area contributed by atoms with Crippen molar-refractivity contribution in [2.45, 2.75) is 18.9 Å². The van der Waals surface area contributed by atoms with Crippen LogP contribution in [-0.2, 0) is 11.2 Å². The Kier molecular flexibility index (Phi) is 4.35. The fourth-order valence-corrected chi connectivity index (χ4v) is 1.30. The van der Waals surface area contributed by atoms with Crippen molar-refractivity contribution in [1.82, 2.24) is 4.98 Å². The van der Waals surface area contributed by atoms with Crippen molar-refractivity contribution in [3.05, 3.63) is 23.9 Å². The normalized spacial score (nSPS) is 12.7. The van der Waals surface area contributed by atoms with Crippen LogP contribution >= 0.6 is 0 Å². The predicted molar refractivity (Wildman–Crippen MR) is 56.8 cm³/mol. The molecule has 4 N–H and O–H groups in total. The summed E-state index contributed by atoms with van der Waals surface area (Å²) in [6.07, 6.45) is 3.38. The molecule has 1 aromatic rings. The number of hydrogen-bond acceptors (Lipinski definition) is 4. The van der Waals surface area contributed by atoms with Crippen LogP contribution in [0.3, 0.4) is 0 Å². The first-order chi connectivity index (χ1) is 6.72. The van der Waals surface area contributed by atoms with Gasteiger partial charge < -0.3 is 16.2 Å². The molecule has 0 saturated carbocycles. The number of aromatic nitrogens is 1. The number of nitrogen functional groups attached to an aromatic ring is 1. The van der Waals surface area contributed by atoms with Gasteiger partial charge in [0, 0.05) is 26.0 Å². The minimum absolute atomic E-state index is 0.122. The van der Waals surface area contributed by atoms with E-state index >= 15 is 0 Å². The molecule has 1 aromatic heterocycles. The lowest BCUT2D eigenvalue weighted by Gasteiger charge is -2.10. The maximum atomic E-state index is 5.90. The van der Waals surface area contributed by atoms with Gasteiger partial charge in [-0.3, -0.25) is 0 Å². The van der Waals surface area contributed by atoms with Gasteiger partial charge in [0.25, 0.3) is 0 Å². The zero-order valence-electron chi connectivity index (χ0n) is 8.44. The molecule has 0 saturated heterocycles. The highest BCUT2D eigenvalue weighted by Gasteiger charge is 2.03. The van der Waals surface area contributed by atoms with Crippen LogP contribution in [0.2, 0.25) is 0 Å². The number of nitrogens with zero attached hydrogens (tertiary/aromatic N) is 1. The maximum Gasteiger partial charge on any atom is 0.123 e. The van der Waals surface area contributed by atoms with Crippen molar-refractivity contribution in [1.29, 1.82) is 0 Å². The monoisotopic (exact) mass is 195 g/mol. The van der Waals surface area contributed by atoms with Crippen molar-refractivity contribution >= 4 is 5.82 Å². The summed E-state index contributed by atoms with van der Waals surface area (Å²) in [5.74, 6) is 0.543. The zero-order chi connectivity index (χ0) is 10.4. The van der Waals surface area contributed by atoms with Crippen LogP contribution in [0, 0.1) is 0 Å². The molecule has 0 aliphatic rings. The molecule has 0 spiro atoms. The average molecular weight is 195 g/mol. The van der Waals surface area contributed by atoms with E-state index in [9.17, 15) is 0 Å². The van der Waals surface area contributed by atoms with Crippen LogP contribution in [0.15, 0.2) is 18.3 Å². The molecular formula is C10H17N3O. The predicted octanol–water partition coefficient (Wildman–Crippen LogP) is 0.570. The fraction of sp³-hybridized carbons (Fsp3) is 0.500. The summed E-state index contributed by atoms with van der Waals surface area (Å²) in [7, 11) is 1.68. The molecule has 1 unspecified atom stereocenters. The largest absolute Gasteiger partial charge is 0.385 e. The molecule has 1 atom stereocenters. The Labute approximate surface area is 84.3 Å². The summed E-state index contributed by atoms with van der Waals surface area (Å²) < 4.78 is 4.96. The third-order valence-electron chi connectivity index (χ3n) is 2.04. The third-order valence-corrected chi connectivity index (χ3v) is 2.04. The molecule has 4 heteroatoms. The van der Waals surface area contributed by atoms with Crippen LogP contribution in [0.25, 0.3) is 0 Å². The van der Waals surface area contributed by atoms with E-state index in [0.29, 0.717) is 12.4 Å². The van der Waals surface area contributed by atoms with E-state index in [-0.39, 0.29) is 6.04 Å². The molecule has 4 nitrogen and oxygen atoms in total. The minimum Gasteiger partial charge on any atom is -0.385 e. The number of anilines is 1. The second-order valence-corrected chi connectivity index (χ2v) is 3.33. The highest BCUT2D eigenvalue weighted by molar-refractivity contribution is 5.32. The lowest BCUT2D eigenvalue weighted by atomic mass is 10.1. The Bertz CT molecular complexity index is 278. The number of ether oxygens (including phenoxy) is 1. The topological polar surface area (TPSA) is 74.2 Å². The van der Waals surface area contributed by atoms with E-state index in [2.05, 4.69) is 4.98 Å². The number of pyridine rings is 1. The van der Waals surface area contributed by atoms with Crippen LogP contribution in [0.4, 0.5) is 5.82 Å². The Morgan fingerprint density at radius 3 is 3.00 bits per heavy atom. The highest BCUT2D eigenvalue weighted by Crippen LogP contribution is 2.06. The summed E-state index contributed by atoms with van der Waals surface area (Å²) >= 11 is 0. The SMILES string of the molecule is COCCC(N)Cc1ccnc(N)c1. The number of hydrogen-bond donors (Lipinski definition) is 2. The van der Waals surface area contributed by atoms with Gasteiger partial charge in [0.05, 0.1) is 0 Å². The molecule has 0 bridgehead atoms. The molecule has 0 amide bonds. The first-order valence-corrected chi connectivity index (χ1v) is 4.67. The maximum absolute atomic E-state index is 5.90. The summed E-state index contributed by atoms with van der Waals surface area (Å²) in [4.78, 5) is 3.92. The van der Waals surface area contributed by atoms with Gasteiger partial charge in [-0.15, -0.1) is 0 Å². The quantitative estimate of drug-likeness (QED) is 0.720. The van der Waals surface area contributed by atoms with Gasteiger partial charge in [0.1, 0.15) is 5.82 Å². The Morgan fingerprint density at radius 1 is 1.57 bits per heavy atom. The lowest BCUT2D eigenvalue weighted by molar-refractivity contribution is 0.188. The summed E-state index contributed by atoms with van der Waals surface area (Å²) in [6.45, 7) is 0.696. The summed E-state index contributed by atoms with van der Waals surface area (Å²) in [5.41, 5.74) is 12.6. The van der Waals surface area contributed by atoms with Crippen LogP contribution < -0.4 is 11.5 Å². The second kappa shape index (κ2) is 5.57. The van der Waals surface area contributed by atoms with Gasteiger partial charge in [-0.05, 0) is 30.5 Å². The second-order valence-electron chi connectivity index (χ2n) is 3.33. The average Bonchev–Trinajstić information content (AvgIpc) is 2.15. The van der Waals surface area contributed by atoms with E-state index in [1.165, 1.54) is 0 Å². The molecule has 0 aliphatic heterocycles. The van der Waals surface area contributed by atoms with Gasteiger partial charge >= 0.3 is 0 Å². The highest BCUT2D eigenvalue weighted by atomic mass is 16.5. The number of methoxy groups -OCH3 is 1. The molecule has 0 aliphatic carbocycles. The van der Waals surface area contributed by atoms with Crippen molar-refractivity contribution in [2.75, 3.05) is 19.5 Å². The Hall–Kier alpha value is -1.13. The van der Waals surface area contributed by atoms with Crippen molar-refractivity contribution in [3.8, 4) is 0 Å². The van der Waals surface area contributed by atoms with E-state index in [1.54, 1.807) is 13.3 Å². The van der Waals surface area contributed by atoms with E-state index in [0.717, 1.165) is 18.4 Å². The minimum atomic E-state index is 0.122. The van der Waals surface area contributed by atoms with Crippen molar-refractivity contribution < 1.29 is 4.74 Å². The van der Waals surface area contributed by atoms with E-state index in [1.807, 2.05) is 12.1 Å². The van der Waals surface area contributed by atoms with Gasteiger partial charge in [0.15, 0.2) is 0 Å². The third kappa shape index (κ3) is 3.72. The molecule has 14 heavy (non-hydrogen) atoms. The van der Waals surface area contributed by atoms with Crippen LogP contribution in [-0.4, -0.2) is 24.7 Å². The standard InChI is InChI=1S/C10H17N3O/c1-14-5-3-9(11)6-8-2-4-13-10(12)7-8/h2,4,7,9H,3,5-6,11H2,1H3,(H2,12,13).